The van der Waals surface area contributed by atoms with Crippen LogP contribution in [0.1, 0.15) is 0 Å². The summed E-state index contributed by atoms with van der Waals surface area (Å²) in [6.07, 6.45) is 0. The molecule has 0 aliphatic rings. The Kier molecular flexibility index (Phi) is 86.0. The summed E-state index contributed by atoms with van der Waals surface area (Å²) < 4.78 is 180. The van der Waals surface area contributed by atoms with Gasteiger partial charge >= 0.3 is 187 Å². The van der Waals surface area contributed by atoms with E-state index in [1.807, 2.05) is 0 Å². The minimum Gasteiger partial charge on any atom is 0 e. The third-order valence-corrected chi connectivity index (χ3v) is 0. The Labute approximate surface area is 205 Å². The fraction of sp³-hybridized carbons (Fsp3) is 0. The van der Waals surface area contributed by atoms with E-state index in [-0.39, 0.29) is 20.4 Å². The van der Waals surface area contributed by atoms with Crippen molar-refractivity contribution in [1.82, 2.24) is 0 Å². The van der Waals surface area contributed by atoms with E-state index >= 15 is 0 Å². The largest absolute Gasteiger partial charge is 0 e. The fourth-order valence-corrected chi connectivity index (χ4v) is 0. The van der Waals surface area contributed by atoms with Crippen molar-refractivity contribution in [2.24, 2.45) is 0 Å². The van der Waals surface area contributed by atoms with Gasteiger partial charge in [0.05, 0.1) is 0 Å². The summed E-state index contributed by atoms with van der Waals surface area (Å²) in [5.41, 5.74) is 0. The summed E-state index contributed by atoms with van der Waals surface area (Å²) in [7, 11) is 0. The Morgan fingerprint density at radius 2 is 0.241 bits per heavy atom. The molecule has 0 aliphatic heterocycles. The van der Waals surface area contributed by atoms with Crippen LogP contribution in [0.2, 0.25) is 0 Å². The molecule has 0 aromatic rings. The van der Waals surface area contributed by atoms with Crippen molar-refractivity contribution >= 4 is 0 Å². The second kappa shape index (κ2) is 47.5. The van der Waals surface area contributed by atoms with E-state index in [0.717, 1.165) is 0 Å². The van der Waals surface area contributed by atoms with Crippen molar-refractivity contribution in [3.05, 3.63) is 0 Å². The molecule has 0 spiro atoms. The Hall–Kier alpha value is 1.67. The topological polar surface area (TPSA) is 400 Å². The van der Waals surface area contributed by atoms with E-state index in [2.05, 4.69) is 0 Å². The summed E-state index contributed by atoms with van der Waals surface area (Å²) in [4.78, 5) is 0. The second-order valence-electron chi connectivity index (χ2n) is 1.57. The first-order chi connectivity index (χ1) is 12.1. The van der Waals surface area contributed by atoms with E-state index in [0.29, 0.717) is 0 Å². The number of hydrogen-bond donors (Lipinski definition) is 0. The number of rotatable bonds is 0. The van der Waals surface area contributed by atoms with Crippen LogP contribution in [0.5, 0.6) is 0 Å². The monoisotopic (exact) mass is 879 g/mol. The van der Waals surface area contributed by atoms with Gasteiger partial charge in [-0.25, -0.2) is 0 Å². The molecule has 0 unspecified atom stereocenters. The number of hydrogen-bond acceptors (Lipinski definition) is 21. The van der Waals surface area contributed by atoms with Crippen LogP contribution in [0.15, 0.2) is 0 Å². The molecule has 0 aromatic carbocycles. The van der Waals surface area contributed by atoms with E-state index in [1.54, 1.807) is 0 Å². The fourth-order valence-electron chi connectivity index (χ4n) is 0. The molecule has 0 saturated heterocycles. The molecule has 0 atom stereocenters. The first-order valence-corrected chi connectivity index (χ1v) is 15.8. The predicted octanol–water partition coefficient (Wildman–Crippen LogP) is -10.0. The van der Waals surface area contributed by atoms with Gasteiger partial charge in [0.2, 0.25) is 0 Å². The Balaban J connectivity index is -0.0000000294. The van der Waals surface area contributed by atoms with Crippen molar-refractivity contribution in [3.63, 3.8) is 0 Å². The zero-order valence-electron chi connectivity index (χ0n) is 12.1. The SMILES string of the molecule is [O]=[V](=[O])[O-].[O]=[V](=[O])[O-].[O]=[V](=[O])[O-].[O]=[V](=[O])[O-].[O]=[V](=[O])[O-].[O]=[V](=[O])[O-].[O]=[V](=[O])[O-].[Re]. The third kappa shape index (κ3) is 8120. The molecular formula is O21ReV7-7. The summed E-state index contributed by atoms with van der Waals surface area (Å²) in [5.74, 6) is 0. The minimum atomic E-state index is -3.94. The Morgan fingerprint density at radius 3 is 0.241 bits per heavy atom. The molecule has 0 amide bonds. The van der Waals surface area contributed by atoms with Crippen LogP contribution in [-0.2, 0) is 180 Å². The average Bonchev–Trinajstić information content (AvgIpc) is 2.20. The van der Waals surface area contributed by atoms with Crippen LogP contribution in [0.25, 0.3) is 0 Å². The molecule has 21 nitrogen and oxygen atoms in total. The van der Waals surface area contributed by atoms with E-state index < -0.39 is 108 Å². The van der Waals surface area contributed by atoms with Crippen LogP contribution in [0.4, 0.5) is 0 Å². The third-order valence-electron chi connectivity index (χ3n) is 0. The molecule has 0 fully saturated rings. The van der Waals surface area contributed by atoms with Crippen molar-refractivity contribution in [1.29, 1.82) is 0 Å². The van der Waals surface area contributed by atoms with Gasteiger partial charge in [-0.05, 0) is 0 Å². The van der Waals surface area contributed by atoms with Crippen molar-refractivity contribution < 1.29 is 208 Å². The molecule has 0 aliphatic carbocycles. The molecule has 29 heteroatoms. The van der Waals surface area contributed by atoms with Gasteiger partial charge in [-0.1, -0.05) is 0 Å². The Bertz CT molecular complexity index is 565. The molecule has 0 bridgehead atoms. The van der Waals surface area contributed by atoms with Crippen molar-refractivity contribution in [3.8, 4) is 0 Å². The van der Waals surface area contributed by atoms with Crippen LogP contribution in [0, 0.1) is 0 Å². The van der Waals surface area contributed by atoms with E-state index in [4.69, 9.17) is 79.7 Å². The summed E-state index contributed by atoms with van der Waals surface area (Å²) in [6, 6.07) is 0. The van der Waals surface area contributed by atoms with E-state index in [1.165, 1.54) is 0 Å². The average molecular weight is 879 g/mol. The van der Waals surface area contributed by atoms with Gasteiger partial charge in [-0.2, -0.15) is 0 Å². The van der Waals surface area contributed by atoms with Gasteiger partial charge in [0.15, 0.2) is 0 Å². The summed E-state index contributed by atoms with van der Waals surface area (Å²) >= 11 is -27.6. The van der Waals surface area contributed by atoms with Crippen LogP contribution < -0.4 is 28.2 Å². The zero-order valence-corrected chi connectivity index (χ0v) is 24.6. The quantitative estimate of drug-likeness (QED) is 0.218. The Morgan fingerprint density at radius 1 is 0.241 bits per heavy atom. The first kappa shape index (κ1) is 52.5. The van der Waals surface area contributed by atoms with Gasteiger partial charge in [-0.15, -0.1) is 0 Å². The molecule has 175 valence electrons. The van der Waals surface area contributed by atoms with Gasteiger partial charge in [0.25, 0.3) is 0 Å². The van der Waals surface area contributed by atoms with Crippen molar-refractivity contribution in [2.75, 3.05) is 0 Å². The zero-order chi connectivity index (χ0) is 25.0. The second-order valence-corrected chi connectivity index (χ2v) is 6.45. The van der Waals surface area contributed by atoms with E-state index in [9.17, 15) is 0 Å². The van der Waals surface area contributed by atoms with Gasteiger partial charge in [0.1, 0.15) is 0 Å². The van der Waals surface area contributed by atoms with Gasteiger partial charge < -0.3 is 0 Å². The summed E-state index contributed by atoms with van der Waals surface area (Å²) in [5, 5.41) is 0. The smallest absolute Gasteiger partial charge is 0 e. The minimum absolute atomic E-state index is 0. The van der Waals surface area contributed by atoms with Crippen LogP contribution >= 0.6 is 0 Å². The molecule has 29 heavy (non-hydrogen) atoms. The molecule has 0 saturated carbocycles. The predicted molar refractivity (Wildman–Crippen MR) is 9.61 cm³/mol. The molecular weight excluding hydrogens is 879 g/mol. The van der Waals surface area contributed by atoms with Gasteiger partial charge in [-0.3, -0.25) is 0 Å². The maximum absolute atomic E-state index is 8.56. The molecule has 0 aromatic heterocycles. The molecule has 0 rings (SSSR count). The van der Waals surface area contributed by atoms with Gasteiger partial charge in [0, 0.05) is 20.4 Å². The maximum Gasteiger partial charge on any atom is 0 e. The first-order valence-electron chi connectivity index (χ1n) is 3.83. The normalized spacial score (nSPS) is 6.03. The summed E-state index contributed by atoms with van der Waals surface area (Å²) in [6.45, 7) is 0. The molecule has 0 N–H and O–H groups in total. The van der Waals surface area contributed by atoms with Crippen LogP contribution in [0.3, 0.4) is 0 Å². The molecule has 0 heterocycles. The van der Waals surface area contributed by atoms with Crippen molar-refractivity contribution in [2.45, 2.75) is 0 Å². The molecule has 1 radical (unpaired) electrons. The standard InChI is InChI=1S/21O.Re.7V/q;;;;;;;;;;;;;;7*-1;;;;;;;;. The van der Waals surface area contributed by atoms with Crippen LogP contribution in [-0.4, -0.2) is 0 Å². The maximum atomic E-state index is 8.56.